The monoisotopic (exact) mass is 387 g/mol. The zero-order chi connectivity index (χ0) is 15.2. The van der Waals surface area contributed by atoms with Gasteiger partial charge < -0.3 is 10.1 Å². The van der Waals surface area contributed by atoms with Crippen molar-refractivity contribution < 1.29 is 4.74 Å². The van der Waals surface area contributed by atoms with E-state index in [4.69, 9.17) is 16.3 Å². The van der Waals surface area contributed by atoms with E-state index in [1.54, 1.807) is 11.3 Å². The maximum absolute atomic E-state index is 6.13. The first kappa shape index (κ1) is 16.8. The number of hydrogen-bond donors (Lipinski definition) is 1. The lowest BCUT2D eigenvalue weighted by atomic mass is 10.1. The van der Waals surface area contributed by atoms with Crippen molar-refractivity contribution in [2.75, 3.05) is 6.54 Å². The molecule has 1 heterocycles. The zero-order valence-electron chi connectivity index (χ0n) is 12.2. The summed E-state index contributed by atoms with van der Waals surface area (Å²) in [4.78, 5) is 1.19. The van der Waals surface area contributed by atoms with Crippen LogP contribution < -0.4 is 10.1 Å². The van der Waals surface area contributed by atoms with Crippen LogP contribution in [-0.4, -0.2) is 6.54 Å². The lowest BCUT2D eigenvalue weighted by molar-refractivity contribution is 0.302. The van der Waals surface area contributed by atoms with Gasteiger partial charge in [0.15, 0.2) is 0 Å². The Hall–Kier alpha value is -0.550. The van der Waals surface area contributed by atoms with Crippen LogP contribution in [0.2, 0.25) is 5.02 Å². The second-order valence-corrected chi connectivity index (χ2v) is 7.13. The van der Waals surface area contributed by atoms with Gasteiger partial charge in [0.2, 0.25) is 0 Å². The Balaban J connectivity index is 2.12. The van der Waals surface area contributed by atoms with Crippen molar-refractivity contribution >= 4 is 38.9 Å². The maximum atomic E-state index is 6.13. The topological polar surface area (TPSA) is 21.3 Å². The average molecular weight is 389 g/mol. The summed E-state index contributed by atoms with van der Waals surface area (Å²) in [5.74, 6) is 0.885. The molecular weight excluding hydrogens is 370 g/mol. The average Bonchev–Trinajstić information content (AvgIpc) is 2.88. The van der Waals surface area contributed by atoms with Crippen LogP contribution >= 0.6 is 38.9 Å². The fourth-order valence-corrected chi connectivity index (χ4v) is 3.59. The van der Waals surface area contributed by atoms with Crippen molar-refractivity contribution in [1.82, 2.24) is 5.32 Å². The van der Waals surface area contributed by atoms with Gasteiger partial charge in [-0.05, 0) is 65.5 Å². The highest BCUT2D eigenvalue weighted by molar-refractivity contribution is 9.10. The standard InChI is InChI=1S/C16H19BrClNOS/c1-3-7-19-11(2)13-9-12(18)4-5-15(13)20-10-16-14(17)6-8-21-16/h4-6,8-9,11,19H,3,7,10H2,1-2H3. The van der Waals surface area contributed by atoms with Crippen LogP contribution in [0.25, 0.3) is 0 Å². The van der Waals surface area contributed by atoms with E-state index in [1.807, 2.05) is 24.3 Å². The van der Waals surface area contributed by atoms with Crippen molar-refractivity contribution in [2.45, 2.75) is 32.9 Å². The molecular formula is C16H19BrClNOS. The molecule has 0 aliphatic rings. The number of ether oxygens (including phenoxy) is 1. The quantitative estimate of drug-likeness (QED) is 0.647. The van der Waals surface area contributed by atoms with Gasteiger partial charge in [-0.25, -0.2) is 0 Å². The van der Waals surface area contributed by atoms with E-state index in [1.165, 1.54) is 4.88 Å². The van der Waals surface area contributed by atoms with Gasteiger partial charge in [0, 0.05) is 21.1 Å². The molecule has 21 heavy (non-hydrogen) atoms. The van der Waals surface area contributed by atoms with E-state index in [2.05, 4.69) is 40.5 Å². The number of nitrogens with one attached hydrogen (secondary N) is 1. The number of thiophene rings is 1. The Kier molecular flexibility index (Phi) is 6.55. The molecule has 0 amide bonds. The molecule has 5 heteroatoms. The molecule has 2 nitrogen and oxygen atoms in total. The third-order valence-electron chi connectivity index (χ3n) is 3.19. The number of hydrogen-bond acceptors (Lipinski definition) is 3. The molecule has 0 spiro atoms. The molecule has 0 saturated heterocycles. The molecule has 1 unspecified atom stereocenters. The van der Waals surface area contributed by atoms with Crippen LogP contribution in [-0.2, 0) is 6.61 Å². The van der Waals surface area contributed by atoms with Crippen molar-refractivity contribution in [3.63, 3.8) is 0 Å². The smallest absolute Gasteiger partial charge is 0.124 e. The highest BCUT2D eigenvalue weighted by Gasteiger charge is 2.13. The first-order valence-electron chi connectivity index (χ1n) is 6.99. The normalized spacial score (nSPS) is 12.4. The minimum atomic E-state index is 0.213. The molecule has 0 aliphatic carbocycles. The van der Waals surface area contributed by atoms with E-state index >= 15 is 0 Å². The zero-order valence-corrected chi connectivity index (χ0v) is 15.3. The van der Waals surface area contributed by atoms with Gasteiger partial charge in [0.05, 0.1) is 4.88 Å². The van der Waals surface area contributed by atoms with Gasteiger partial charge in [-0.1, -0.05) is 18.5 Å². The minimum absolute atomic E-state index is 0.213. The van der Waals surface area contributed by atoms with Crippen molar-refractivity contribution in [2.24, 2.45) is 0 Å². The molecule has 0 radical (unpaired) electrons. The number of halogens is 2. The molecule has 0 saturated carbocycles. The Morgan fingerprint density at radius 3 is 2.86 bits per heavy atom. The summed E-state index contributed by atoms with van der Waals surface area (Å²) in [6.07, 6.45) is 1.10. The second-order valence-electron chi connectivity index (χ2n) is 4.84. The highest BCUT2D eigenvalue weighted by Crippen LogP contribution is 2.30. The number of benzene rings is 1. The van der Waals surface area contributed by atoms with Crippen LogP contribution in [0.1, 0.15) is 36.8 Å². The largest absolute Gasteiger partial charge is 0.488 e. The molecule has 2 aromatic rings. The van der Waals surface area contributed by atoms with E-state index < -0.39 is 0 Å². The van der Waals surface area contributed by atoms with E-state index in [0.29, 0.717) is 6.61 Å². The summed E-state index contributed by atoms with van der Waals surface area (Å²) >= 11 is 11.3. The van der Waals surface area contributed by atoms with Crippen LogP contribution in [0.3, 0.4) is 0 Å². The Morgan fingerprint density at radius 2 is 2.19 bits per heavy atom. The third-order valence-corrected chi connectivity index (χ3v) is 5.32. The molecule has 1 N–H and O–H groups in total. The predicted octanol–water partition coefficient (Wildman–Crippen LogP) is 5.80. The Labute approximate surface area is 143 Å². The van der Waals surface area contributed by atoms with E-state index in [-0.39, 0.29) is 6.04 Å². The van der Waals surface area contributed by atoms with Crippen molar-refractivity contribution in [3.8, 4) is 5.75 Å². The van der Waals surface area contributed by atoms with Gasteiger partial charge in [-0.3, -0.25) is 0 Å². The number of rotatable bonds is 7. The SMILES string of the molecule is CCCNC(C)c1cc(Cl)ccc1OCc1sccc1Br. The van der Waals surface area contributed by atoms with Crippen LogP contribution in [0.5, 0.6) is 5.75 Å². The summed E-state index contributed by atoms with van der Waals surface area (Å²) in [7, 11) is 0. The summed E-state index contributed by atoms with van der Waals surface area (Å²) in [5.41, 5.74) is 1.10. The molecule has 1 aromatic carbocycles. The molecule has 0 bridgehead atoms. The predicted molar refractivity (Wildman–Crippen MR) is 94.5 cm³/mol. The lowest BCUT2D eigenvalue weighted by Crippen LogP contribution is -2.20. The van der Waals surface area contributed by atoms with Gasteiger partial charge in [0.1, 0.15) is 12.4 Å². The van der Waals surface area contributed by atoms with Gasteiger partial charge >= 0.3 is 0 Å². The first-order valence-corrected chi connectivity index (χ1v) is 9.04. The fraction of sp³-hybridized carbons (Fsp3) is 0.375. The van der Waals surface area contributed by atoms with Gasteiger partial charge in [0.25, 0.3) is 0 Å². The molecule has 114 valence electrons. The fourth-order valence-electron chi connectivity index (χ4n) is 2.03. The van der Waals surface area contributed by atoms with Gasteiger partial charge in [-0.15, -0.1) is 11.3 Å². The second kappa shape index (κ2) is 8.18. The minimum Gasteiger partial charge on any atom is -0.488 e. The summed E-state index contributed by atoms with van der Waals surface area (Å²) in [5, 5.41) is 6.26. The molecule has 0 fully saturated rings. The molecule has 1 atom stereocenters. The Bertz CT molecular complexity index is 587. The van der Waals surface area contributed by atoms with Gasteiger partial charge in [-0.2, -0.15) is 0 Å². The summed E-state index contributed by atoms with van der Waals surface area (Å²) < 4.78 is 7.10. The molecule has 1 aromatic heterocycles. The summed E-state index contributed by atoms with van der Waals surface area (Å²) in [6.45, 7) is 5.83. The molecule has 0 aliphatic heterocycles. The van der Waals surface area contributed by atoms with Crippen LogP contribution in [0.4, 0.5) is 0 Å². The Morgan fingerprint density at radius 1 is 1.38 bits per heavy atom. The third kappa shape index (κ3) is 4.71. The van der Waals surface area contributed by atoms with Crippen LogP contribution in [0, 0.1) is 0 Å². The van der Waals surface area contributed by atoms with E-state index in [9.17, 15) is 0 Å². The van der Waals surface area contributed by atoms with E-state index in [0.717, 1.165) is 33.8 Å². The summed E-state index contributed by atoms with van der Waals surface area (Å²) in [6, 6.07) is 8.05. The van der Waals surface area contributed by atoms with Crippen LogP contribution in [0.15, 0.2) is 34.1 Å². The first-order chi connectivity index (χ1) is 10.1. The maximum Gasteiger partial charge on any atom is 0.124 e. The lowest BCUT2D eigenvalue weighted by Gasteiger charge is -2.18. The molecule has 2 rings (SSSR count). The highest BCUT2D eigenvalue weighted by atomic mass is 79.9. The van der Waals surface area contributed by atoms with Crippen molar-refractivity contribution in [1.29, 1.82) is 0 Å². The van der Waals surface area contributed by atoms with Crippen molar-refractivity contribution in [3.05, 3.63) is 49.6 Å².